The van der Waals surface area contributed by atoms with Crippen LogP contribution in [-0.4, -0.2) is 35.5 Å². The molecule has 200 valence electrons. The first kappa shape index (κ1) is 27.8. The Morgan fingerprint density at radius 3 is 2.18 bits per heavy atom. The Kier molecular flexibility index (Phi) is 7.77. The van der Waals surface area contributed by atoms with Crippen LogP contribution in [-0.2, 0) is 19.6 Å². The standard InChI is InChI=1S/C26H19Cl2N3O7S/c1-3-14-38-25(34)17-4-9-20(10-5-17)29(16(2)32)30-23-15-19(28)8-13-22(23)24(33)31(26(30)35)39(36,37)21-11-6-18(27)7-12-21/h3-13,15H,1,14H2,2H3. The van der Waals surface area contributed by atoms with E-state index < -0.39 is 33.1 Å². The normalized spacial score (nSPS) is 11.3. The molecule has 13 heteroatoms. The van der Waals surface area contributed by atoms with E-state index in [1.807, 2.05) is 0 Å². The third-order valence-electron chi connectivity index (χ3n) is 5.49. The van der Waals surface area contributed by atoms with Crippen LogP contribution in [0.3, 0.4) is 0 Å². The van der Waals surface area contributed by atoms with Crippen LogP contribution in [0.2, 0.25) is 10.0 Å². The average Bonchev–Trinajstić information content (AvgIpc) is 2.89. The molecule has 1 heterocycles. The minimum absolute atomic E-state index is 0.00800. The molecule has 0 aliphatic rings. The van der Waals surface area contributed by atoms with E-state index in [1.165, 1.54) is 60.7 Å². The Labute approximate surface area is 231 Å². The molecule has 0 fully saturated rings. The van der Waals surface area contributed by atoms with E-state index in [9.17, 15) is 27.6 Å². The van der Waals surface area contributed by atoms with Crippen molar-refractivity contribution >= 4 is 61.7 Å². The van der Waals surface area contributed by atoms with Gasteiger partial charge in [0.05, 0.1) is 27.0 Å². The van der Waals surface area contributed by atoms with E-state index in [-0.39, 0.29) is 47.7 Å². The molecule has 3 aromatic carbocycles. The summed E-state index contributed by atoms with van der Waals surface area (Å²) in [5, 5.41) is 1.03. The van der Waals surface area contributed by atoms with Gasteiger partial charge < -0.3 is 4.74 Å². The highest BCUT2D eigenvalue weighted by molar-refractivity contribution is 7.90. The predicted molar refractivity (Wildman–Crippen MR) is 147 cm³/mol. The third kappa shape index (κ3) is 5.24. The van der Waals surface area contributed by atoms with Gasteiger partial charge in [-0.3, -0.25) is 9.59 Å². The number of carbonyl (C=O) groups is 2. The molecule has 0 saturated carbocycles. The molecule has 4 aromatic rings. The summed E-state index contributed by atoms with van der Waals surface area (Å²) >= 11 is 12.0. The molecule has 0 aliphatic carbocycles. The molecule has 0 aliphatic heterocycles. The third-order valence-corrected chi connectivity index (χ3v) is 7.65. The van der Waals surface area contributed by atoms with Crippen LogP contribution in [0.15, 0.2) is 93.9 Å². The van der Waals surface area contributed by atoms with Gasteiger partial charge in [0.2, 0.25) is 5.91 Å². The highest BCUT2D eigenvalue weighted by Crippen LogP contribution is 2.23. The molecule has 4 rings (SSSR count). The van der Waals surface area contributed by atoms with Crippen LogP contribution in [0.4, 0.5) is 5.69 Å². The number of amides is 1. The fraction of sp³-hybridized carbons (Fsp3) is 0.0769. The van der Waals surface area contributed by atoms with Crippen molar-refractivity contribution < 1.29 is 22.7 Å². The van der Waals surface area contributed by atoms with Crippen molar-refractivity contribution in [3.05, 3.63) is 116 Å². The Morgan fingerprint density at radius 1 is 0.974 bits per heavy atom. The first-order valence-corrected chi connectivity index (χ1v) is 13.3. The van der Waals surface area contributed by atoms with Crippen molar-refractivity contribution in [1.82, 2.24) is 8.65 Å². The molecule has 0 bridgehead atoms. The molecule has 1 aromatic heterocycles. The highest BCUT2D eigenvalue weighted by atomic mass is 35.5. The summed E-state index contributed by atoms with van der Waals surface area (Å²) in [7, 11) is -4.74. The summed E-state index contributed by atoms with van der Waals surface area (Å²) in [6.07, 6.45) is 1.40. The van der Waals surface area contributed by atoms with Gasteiger partial charge in [0, 0.05) is 17.0 Å². The zero-order valence-corrected chi connectivity index (χ0v) is 22.5. The summed E-state index contributed by atoms with van der Waals surface area (Å²) in [5.74, 6) is -1.36. The number of hydrogen-bond donors (Lipinski definition) is 0. The number of anilines is 1. The Morgan fingerprint density at radius 2 is 1.59 bits per heavy atom. The van der Waals surface area contributed by atoms with Crippen LogP contribution in [0, 0.1) is 0 Å². The molecule has 0 N–H and O–H groups in total. The summed E-state index contributed by atoms with van der Waals surface area (Å²) < 4.78 is 32.8. The maximum Gasteiger partial charge on any atom is 0.365 e. The largest absolute Gasteiger partial charge is 0.458 e. The van der Waals surface area contributed by atoms with Crippen LogP contribution < -0.4 is 16.3 Å². The van der Waals surface area contributed by atoms with Gasteiger partial charge in [0.1, 0.15) is 6.61 Å². The molecule has 0 spiro atoms. The Balaban J connectivity index is 2.01. The van der Waals surface area contributed by atoms with Crippen LogP contribution >= 0.6 is 23.2 Å². The van der Waals surface area contributed by atoms with Crippen LogP contribution in [0.5, 0.6) is 0 Å². The highest BCUT2D eigenvalue weighted by Gasteiger charge is 2.29. The van der Waals surface area contributed by atoms with Crippen LogP contribution in [0.1, 0.15) is 17.3 Å². The quantitative estimate of drug-likeness (QED) is 0.237. The molecular weight excluding hydrogens is 569 g/mol. The first-order chi connectivity index (χ1) is 18.5. The molecule has 0 saturated heterocycles. The predicted octanol–water partition coefficient (Wildman–Crippen LogP) is 3.87. The van der Waals surface area contributed by atoms with Crippen molar-refractivity contribution in [1.29, 1.82) is 0 Å². The monoisotopic (exact) mass is 587 g/mol. The molecule has 10 nitrogen and oxygen atoms in total. The van der Waals surface area contributed by atoms with E-state index in [4.69, 9.17) is 27.9 Å². The topological polar surface area (TPSA) is 125 Å². The number of rotatable bonds is 7. The van der Waals surface area contributed by atoms with Gasteiger partial charge in [0.25, 0.3) is 15.6 Å². The maximum atomic E-state index is 13.8. The SMILES string of the molecule is C=CCOC(=O)c1ccc(N(C(C)=O)n2c(=O)n(S(=O)(=O)c3ccc(Cl)cc3)c(=O)c3ccc(Cl)cc32)cc1. The van der Waals surface area contributed by atoms with Gasteiger partial charge in [-0.2, -0.15) is 4.68 Å². The number of hydrogen-bond acceptors (Lipinski definition) is 7. The number of ether oxygens (including phenoxy) is 1. The fourth-order valence-corrected chi connectivity index (χ4v) is 5.34. The van der Waals surface area contributed by atoms with Crippen molar-refractivity contribution in [3.63, 3.8) is 0 Å². The van der Waals surface area contributed by atoms with E-state index in [0.717, 1.165) is 28.7 Å². The molecule has 1 amide bonds. The summed E-state index contributed by atoms with van der Waals surface area (Å²) in [5.41, 5.74) is -2.37. The van der Waals surface area contributed by atoms with Gasteiger partial charge in [-0.05, 0) is 66.7 Å². The van der Waals surface area contributed by atoms with E-state index in [2.05, 4.69) is 6.58 Å². The summed E-state index contributed by atoms with van der Waals surface area (Å²) in [4.78, 5) is 51.9. The minimum atomic E-state index is -4.74. The van der Waals surface area contributed by atoms with E-state index in [1.54, 1.807) is 0 Å². The minimum Gasteiger partial charge on any atom is -0.458 e. The zero-order chi connectivity index (χ0) is 28.5. The second kappa shape index (κ2) is 10.9. The molecule has 0 radical (unpaired) electrons. The van der Waals surface area contributed by atoms with Crippen LogP contribution in [0.25, 0.3) is 10.9 Å². The second-order valence-corrected chi connectivity index (χ2v) is 10.7. The molecular formula is C26H19Cl2N3O7S. The fourth-order valence-electron chi connectivity index (χ4n) is 3.76. The second-order valence-electron chi connectivity index (χ2n) is 8.05. The van der Waals surface area contributed by atoms with Gasteiger partial charge in [-0.15, -0.1) is 3.97 Å². The summed E-state index contributed by atoms with van der Waals surface area (Å²) in [6, 6.07) is 14.2. The first-order valence-electron chi connectivity index (χ1n) is 11.1. The maximum absolute atomic E-state index is 13.8. The van der Waals surface area contributed by atoms with E-state index >= 15 is 0 Å². The lowest BCUT2D eigenvalue weighted by Gasteiger charge is -2.25. The average molecular weight is 588 g/mol. The Bertz CT molecular complexity index is 1850. The number of benzene rings is 3. The smallest absolute Gasteiger partial charge is 0.365 e. The lowest BCUT2D eigenvalue weighted by Crippen LogP contribution is -2.51. The van der Waals surface area contributed by atoms with Gasteiger partial charge in [-0.1, -0.05) is 35.9 Å². The zero-order valence-electron chi connectivity index (χ0n) is 20.2. The van der Waals surface area contributed by atoms with Crippen molar-refractivity contribution in [2.45, 2.75) is 11.8 Å². The van der Waals surface area contributed by atoms with Gasteiger partial charge in [-0.25, -0.2) is 23.0 Å². The van der Waals surface area contributed by atoms with Crippen molar-refractivity contribution in [3.8, 4) is 0 Å². The molecule has 0 atom stereocenters. The number of esters is 1. The van der Waals surface area contributed by atoms with Crippen molar-refractivity contribution in [2.75, 3.05) is 11.6 Å². The summed E-state index contributed by atoms with van der Waals surface area (Å²) in [6.45, 7) is 4.60. The number of fused-ring (bicyclic) bond motifs is 1. The van der Waals surface area contributed by atoms with Gasteiger partial charge in [0.15, 0.2) is 0 Å². The van der Waals surface area contributed by atoms with E-state index in [0.29, 0.717) is 0 Å². The number of aromatic nitrogens is 2. The Hall–Kier alpha value is -4.19. The molecule has 39 heavy (non-hydrogen) atoms. The number of carbonyl (C=O) groups excluding carboxylic acids is 2. The number of halogens is 2. The van der Waals surface area contributed by atoms with Crippen molar-refractivity contribution in [2.24, 2.45) is 0 Å². The lowest BCUT2D eigenvalue weighted by atomic mass is 10.2. The van der Waals surface area contributed by atoms with Gasteiger partial charge >= 0.3 is 11.7 Å². The number of nitrogens with zero attached hydrogens (tertiary/aromatic N) is 3. The molecule has 0 unspecified atom stereocenters. The lowest BCUT2D eigenvalue weighted by molar-refractivity contribution is -0.117.